The molecule has 2 rings (SSSR count). The molecular formula is C20H24N2O5. The zero-order valence-electron chi connectivity index (χ0n) is 15.7. The first-order chi connectivity index (χ1) is 13.0. The van der Waals surface area contributed by atoms with E-state index in [4.69, 9.17) is 14.0 Å². The van der Waals surface area contributed by atoms with E-state index in [-0.39, 0.29) is 0 Å². The molecule has 1 atom stereocenters. The minimum absolute atomic E-state index is 0.291. The predicted molar refractivity (Wildman–Crippen MR) is 101 cm³/mol. The zero-order chi connectivity index (χ0) is 19.6. The molecule has 1 N–H and O–H groups in total. The molecule has 27 heavy (non-hydrogen) atoms. The Morgan fingerprint density at radius 1 is 1.33 bits per heavy atom. The lowest BCUT2D eigenvalue weighted by Gasteiger charge is -2.15. The van der Waals surface area contributed by atoms with Gasteiger partial charge in [0.15, 0.2) is 11.9 Å². The second-order valence-corrected chi connectivity index (χ2v) is 5.96. The second-order valence-electron chi connectivity index (χ2n) is 5.96. The number of anilines is 1. The van der Waals surface area contributed by atoms with Gasteiger partial charge in [-0.25, -0.2) is 4.79 Å². The number of unbranched alkanes of at least 4 members (excludes halogenated alkanes) is 1. The van der Waals surface area contributed by atoms with Gasteiger partial charge in [-0.15, -0.1) is 0 Å². The van der Waals surface area contributed by atoms with Gasteiger partial charge in [-0.05, 0) is 31.9 Å². The van der Waals surface area contributed by atoms with Gasteiger partial charge in [0, 0.05) is 17.7 Å². The van der Waals surface area contributed by atoms with E-state index in [0.717, 1.165) is 18.4 Å². The maximum Gasteiger partial charge on any atom is 0.331 e. The van der Waals surface area contributed by atoms with Crippen LogP contribution in [-0.4, -0.2) is 30.2 Å². The highest BCUT2D eigenvalue weighted by atomic mass is 16.5. The Bertz CT molecular complexity index is 797. The molecule has 0 aliphatic carbocycles. The average Bonchev–Trinajstić information content (AvgIpc) is 3.08. The second kappa shape index (κ2) is 10.2. The van der Waals surface area contributed by atoms with Crippen LogP contribution >= 0.6 is 0 Å². The lowest BCUT2D eigenvalue weighted by molar-refractivity contribution is -0.149. The van der Waals surface area contributed by atoms with E-state index in [1.165, 1.54) is 6.08 Å². The molecule has 1 aromatic heterocycles. The summed E-state index contributed by atoms with van der Waals surface area (Å²) in [7, 11) is 1.56. The lowest BCUT2D eigenvalue weighted by atomic mass is 10.1. The van der Waals surface area contributed by atoms with E-state index >= 15 is 0 Å². The van der Waals surface area contributed by atoms with Gasteiger partial charge in [-0.3, -0.25) is 4.79 Å². The first-order valence-electron chi connectivity index (χ1n) is 8.79. The molecule has 0 bridgehead atoms. The number of amides is 1. The predicted octanol–water partition coefficient (Wildman–Crippen LogP) is 3.75. The summed E-state index contributed by atoms with van der Waals surface area (Å²) in [6.45, 7) is 3.72. The van der Waals surface area contributed by atoms with Crippen molar-refractivity contribution in [3.05, 3.63) is 47.7 Å². The molecule has 0 aliphatic heterocycles. The number of esters is 1. The summed E-state index contributed by atoms with van der Waals surface area (Å²) >= 11 is 0. The Hall–Kier alpha value is -3.09. The van der Waals surface area contributed by atoms with Crippen LogP contribution in [0.15, 0.2) is 40.9 Å². The average molecular weight is 372 g/mol. The molecule has 0 saturated heterocycles. The molecule has 7 heteroatoms. The van der Waals surface area contributed by atoms with Crippen LogP contribution in [0, 0.1) is 6.92 Å². The number of carbonyl (C=O) groups excluding carboxylic acids is 2. The summed E-state index contributed by atoms with van der Waals surface area (Å²) in [5.41, 5.74) is 0.740. The van der Waals surface area contributed by atoms with Crippen LogP contribution in [0.4, 0.5) is 5.82 Å². The van der Waals surface area contributed by atoms with Gasteiger partial charge in [-0.1, -0.05) is 36.7 Å². The van der Waals surface area contributed by atoms with Crippen LogP contribution < -0.4 is 10.1 Å². The van der Waals surface area contributed by atoms with Gasteiger partial charge < -0.3 is 19.3 Å². The largest absolute Gasteiger partial charge is 0.496 e. The highest BCUT2D eigenvalue weighted by molar-refractivity contribution is 5.96. The van der Waals surface area contributed by atoms with Crippen molar-refractivity contribution in [3.63, 3.8) is 0 Å². The van der Waals surface area contributed by atoms with Gasteiger partial charge in [0.2, 0.25) is 0 Å². The van der Waals surface area contributed by atoms with Crippen LogP contribution in [0.5, 0.6) is 5.75 Å². The third-order valence-corrected chi connectivity index (χ3v) is 3.79. The fourth-order valence-corrected chi connectivity index (χ4v) is 2.41. The Kier molecular flexibility index (Phi) is 7.61. The van der Waals surface area contributed by atoms with Gasteiger partial charge >= 0.3 is 5.97 Å². The Morgan fingerprint density at radius 2 is 2.11 bits per heavy atom. The summed E-state index contributed by atoms with van der Waals surface area (Å²) < 4.78 is 15.5. The molecule has 1 amide bonds. The van der Waals surface area contributed by atoms with Crippen molar-refractivity contribution < 1.29 is 23.6 Å². The van der Waals surface area contributed by atoms with Crippen LogP contribution in [0.1, 0.15) is 37.5 Å². The van der Waals surface area contributed by atoms with Crippen molar-refractivity contribution >= 4 is 23.8 Å². The van der Waals surface area contributed by atoms with Gasteiger partial charge in [0.1, 0.15) is 11.5 Å². The number of nitrogens with zero attached hydrogens (tertiary/aromatic N) is 1. The number of hydrogen-bond acceptors (Lipinski definition) is 6. The quantitative estimate of drug-likeness (QED) is 0.532. The van der Waals surface area contributed by atoms with E-state index in [0.29, 0.717) is 23.7 Å². The maximum absolute atomic E-state index is 12.4. The molecule has 144 valence electrons. The molecule has 0 radical (unpaired) electrons. The summed E-state index contributed by atoms with van der Waals surface area (Å²) in [4.78, 5) is 24.6. The number of aromatic nitrogens is 1. The molecule has 1 unspecified atom stereocenters. The third kappa shape index (κ3) is 6.29. The minimum atomic E-state index is -0.906. The fraction of sp³-hybridized carbons (Fsp3) is 0.350. The number of hydrogen-bond donors (Lipinski definition) is 1. The van der Waals surface area contributed by atoms with E-state index in [9.17, 15) is 9.59 Å². The van der Waals surface area contributed by atoms with Crippen molar-refractivity contribution in [1.82, 2.24) is 5.16 Å². The van der Waals surface area contributed by atoms with E-state index in [2.05, 4.69) is 10.5 Å². The molecule has 2 aromatic rings. The molecule has 7 nitrogen and oxygen atoms in total. The van der Waals surface area contributed by atoms with Crippen LogP contribution in [0.3, 0.4) is 0 Å². The number of benzene rings is 1. The van der Waals surface area contributed by atoms with Crippen LogP contribution in [0.25, 0.3) is 6.08 Å². The standard InChI is InChI=1S/C20H24N2O5/c1-4-5-9-17(20(24)21-18-13-14(2)27-22-18)26-19(23)12-11-15-8-6-7-10-16(15)25-3/h6-8,10-13,17H,4-5,9H2,1-3H3,(H,21,22,24)/b12-11+. The maximum atomic E-state index is 12.4. The fourth-order valence-electron chi connectivity index (χ4n) is 2.41. The number of nitrogens with one attached hydrogen (secondary N) is 1. The number of para-hydroxylation sites is 1. The van der Waals surface area contributed by atoms with Crippen molar-refractivity contribution in [3.8, 4) is 5.75 Å². The molecule has 0 spiro atoms. The summed E-state index contributed by atoms with van der Waals surface area (Å²) in [6, 6.07) is 8.88. The summed E-state index contributed by atoms with van der Waals surface area (Å²) in [5, 5.41) is 6.32. The monoisotopic (exact) mass is 372 g/mol. The van der Waals surface area contributed by atoms with Crippen molar-refractivity contribution in [2.45, 2.75) is 39.2 Å². The highest BCUT2D eigenvalue weighted by Crippen LogP contribution is 2.19. The SMILES string of the molecule is CCCCC(OC(=O)/C=C/c1ccccc1OC)C(=O)Nc1cc(C)on1. The van der Waals surface area contributed by atoms with E-state index < -0.39 is 18.0 Å². The molecule has 0 saturated carbocycles. The van der Waals surface area contributed by atoms with Gasteiger partial charge in [0.25, 0.3) is 5.91 Å². The van der Waals surface area contributed by atoms with E-state index in [1.54, 1.807) is 32.2 Å². The Balaban J connectivity index is 2.02. The number of rotatable bonds is 9. The minimum Gasteiger partial charge on any atom is -0.496 e. The molecule has 0 fully saturated rings. The molecule has 1 heterocycles. The Morgan fingerprint density at radius 3 is 2.78 bits per heavy atom. The molecular weight excluding hydrogens is 348 g/mol. The van der Waals surface area contributed by atoms with Crippen molar-refractivity contribution in [2.75, 3.05) is 12.4 Å². The third-order valence-electron chi connectivity index (χ3n) is 3.79. The first-order valence-corrected chi connectivity index (χ1v) is 8.79. The smallest absolute Gasteiger partial charge is 0.331 e. The van der Waals surface area contributed by atoms with Crippen molar-refractivity contribution in [1.29, 1.82) is 0 Å². The van der Waals surface area contributed by atoms with Crippen molar-refractivity contribution in [2.24, 2.45) is 0 Å². The highest BCUT2D eigenvalue weighted by Gasteiger charge is 2.22. The van der Waals surface area contributed by atoms with Gasteiger partial charge in [-0.2, -0.15) is 0 Å². The summed E-state index contributed by atoms with van der Waals surface area (Å²) in [5.74, 6) is 0.472. The van der Waals surface area contributed by atoms with E-state index in [1.807, 2.05) is 25.1 Å². The zero-order valence-corrected chi connectivity index (χ0v) is 15.7. The topological polar surface area (TPSA) is 90.7 Å². The number of carbonyl (C=O) groups is 2. The molecule has 1 aromatic carbocycles. The van der Waals surface area contributed by atoms with Crippen LogP contribution in [-0.2, 0) is 14.3 Å². The molecule has 0 aliphatic rings. The number of methoxy groups -OCH3 is 1. The Labute approximate surface area is 158 Å². The lowest BCUT2D eigenvalue weighted by Crippen LogP contribution is -2.32. The van der Waals surface area contributed by atoms with Crippen LogP contribution in [0.2, 0.25) is 0 Å². The normalized spacial score (nSPS) is 12.0. The number of aryl methyl sites for hydroxylation is 1. The van der Waals surface area contributed by atoms with Gasteiger partial charge in [0.05, 0.1) is 7.11 Å². The first kappa shape index (κ1) is 20.2. The summed E-state index contributed by atoms with van der Waals surface area (Å²) in [6.07, 6.45) is 4.02. The number of ether oxygens (including phenoxy) is 2.